The minimum atomic E-state index is -3.97. The largest absolute Gasteiger partial charge is 0.379 e. The average Bonchev–Trinajstić information content (AvgIpc) is 2.76. The van der Waals surface area contributed by atoms with E-state index in [4.69, 9.17) is 15.8 Å². The van der Waals surface area contributed by atoms with Crippen molar-refractivity contribution in [2.45, 2.75) is 18.7 Å². The first kappa shape index (κ1) is 23.1. The molecule has 162 valence electrons. The topological polar surface area (TPSA) is 96.3 Å². The fourth-order valence-electron chi connectivity index (χ4n) is 2.79. The van der Waals surface area contributed by atoms with E-state index in [1.54, 1.807) is 49.4 Å². The normalized spacial score (nSPS) is 11.5. The molecule has 6 nitrogen and oxygen atoms in total. The molecule has 32 heavy (non-hydrogen) atoms. The number of aryl methyl sites for hydroxylation is 2. The molecule has 0 aromatic heterocycles. The molecule has 0 spiro atoms. The van der Waals surface area contributed by atoms with Gasteiger partial charge in [0.2, 0.25) is 0 Å². The van der Waals surface area contributed by atoms with Crippen molar-refractivity contribution < 1.29 is 17.4 Å². The third-order valence-corrected chi connectivity index (χ3v) is 6.11. The third-order valence-electron chi connectivity index (χ3n) is 4.53. The van der Waals surface area contributed by atoms with E-state index in [0.29, 0.717) is 16.3 Å². The van der Waals surface area contributed by atoms with Gasteiger partial charge in [-0.1, -0.05) is 53.6 Å². The Morgan fingerprint density at radius 3 is 2.28 bits per heavy atom. The summed E-state index contributed by atoms with van der Waals surface area (Å²) in [5.74, 6) is -0.497. The number of amides is 1. The van der Waals surface area contributed by atoms with Gasteiger partial charge in [0.25, 0.3) is 5.91 Å². The molecule has 0 aliphatic rings. The molecular weight excluding hydrogens is 448 g/mol. The molecule has 0 radical (unpaired) electrons. The van der Waals surface area contributed by atoms with Crippen LogP contribution < -0.4 is 9.50 Å². The van der Waals surface area contributed by atoms with Crippen molar-refractivity contribution in [2.24, 2.45) is 0 Å². The Kier molecular flexibility index (Phi) is 6.98. The Bertz CT molecular complexity index is 1300. The monoisotopic (exact) mass is 466 g/mol. The predicted octanol–water partition coefficient (Wildman–Crippen LogP) is 5.27. The number of benzene rings is 3. The second-order valence-electron chi connectivity index (χ2n) is 6.98. The van der Waals surface area contributed by atoms with Crippen LogP contribution >= 0.6 is 11.6 Å². The molecule has 0 unspecified atom stereocenters. The molecule has 0 atom stereocenters. The van der Waals surface area contributed by atoms with Crippen LogP contribution in [0, 0.1) is 25.2 Å². The van der Waals surface area contributed by atoms with Crippen LogP contribution in [0.25, 0.3) is 6.08 Å². The van der Waals surface area contributed by atoms with Gasteiger partial charge >= 0.3 is 10.1 Å². The summed E-state index contributed by atoms with van der Waals surface area (Å²) in [6, 6.07) is 19.4. The second kappa shape index (κ2) is 9.69. The summed E-state index contributed by atoms with van der Waals surface area (Å²) < 4.78 is 30.0. The molecule has 3 aromatic carbocycles. The molecule has 1 amide bonds. The third kappa shape index (κ3) is 5.55. The Hall–Kier alpha value is -3.60. The van der Waals surface area contributed by atoms with E-state index in [1.165, 1.54) is 30.3 Å². The van der Waals surface area contributed by atoms with Crippen molar-refractivity contribution in [3.8, 4) is 11.8 Å². The van der Waals surface area contributed by atoms with Gasteiger partial charge in [-0.15, -0.1) is 0 Å². The Labute approximate surface area is 191 Å². The minimum absolute atomic E-state index is 0.0466. The summed E-state index contributed by atoms with van der Waals surface area (Å²) in [7, 11) is -3.97. The minimum Gasteiger partial charge on any atom is -0.379 e. The number of nitrogens with one attached hydrogen (secondary N) is 1. The number of rotatable bonds is 6. The number of nitriles is 1. The van der Waals surface area contributed by atoms with Crippen LogP contribution in [0.15, 0.2) is 77.2 Å². The number of carbonyl (C=O) groups excluding carboxylic acids is 1. The number of hydrogen-bond donors (Lipinski definition) is 1. The molecular formula is C24H19ClN2O4S. The van der Waals surface area contributed by atoms with Crippen LogP contribution in [0.3, 0.4) is 0 Å². The smallest absolute Gasteiger partial charge is 0.339 e. The van der Waals surface area contributed by atoms with Gasteiger partial charge in [0.15, 0.2) is 0 Å². The molecule has 0 bridgehead atoms. The van der Waals surface area contributed by atoms with Crippen LogP contribution in [-0.4, -0.2) is 14.3 Å². The van der Waals surface area contributed by atoms with Gasteiger partial charge in [0.1, 0.15) is 22.3 Å². The highest BCUT2D eigenvalue weighted by Crippen LogP contribution is 2.26. The Balaban J connectivity index is 1.76. The molecule has 3 aromatic rings. The van der Waals surface area contributed by atoms with Crippen molar-refractivity contribution >= 4 is 39.4 Å². The van der Waals surface area contributed by atoms with Gasteiger partial charge in [0.05, 0.1) is 10.7 Å². The van der Waals surface area contributed by atoms with Crippen LogP contribution in [0.1, 0.15) is 16.7 Å². The molecule has 1 N–H and O–H groups in total. The lowest BCUT2D eigenvalue weighted by molar-refractivity contribution is -0.112. The fraction of sp³-hybridized carbons (Fsp3) is 0.0833. The van der Waals surface area contributed by atoms with E-state index in [-0.39, 0.29) is 16.2 Å². The molecule has 0 heterocycles. The number of anilines is 1. The number of carbonyl (C=O) groups is 1. The maximum atomic E-state index is 12.5. The molecule has 3 rings (SSSR count). The summed E-state index contributed by atoms with van der Waals surface area (Å²) in [6.45, 7) is 3.65. The number of para-hydroxylation sites is 1. The van der Waals surface area contributed by atoms with Crippen molar-refractivity contribution in [1.29, 1.82) is 5.26 Å². The zero-order valence-electron chi connectivity index (χ0n) is 17.3. The van der Waals surface area contributed by atoms with Gasteiger partial charge in [-0.25, -0.2) is 0 Å². The lowest BCUT2D eigenvalue weighted by Gasteiger charge is -2.10. The van der Waals surface area contributed by atoms with E-state index < -0.39 is 16.0 Å². The fourth-order valence-corrected chi connectivity index (χ4v) is 3.98. The van der Waals surface area contributed by atoms with E-state index in [0.717, 1.165) is 11.1 Å². The lowest BCUT2D eigenvalue weighted by Crippen LogP contribution is -2.14. The van der Waals surface area contributed by atoms with Crippen LogP contribution in [0.5, 0.6) is 5.75 Å². The summed E-state index contributed by atoms with van der Waals surface area (Å²) in [6.07, 6.45) is 1.39. The van der Waals surface area contributed by atoms with Gasteiger partial charge in [0, 0.05) is 0 Å². The second-order valence-corrected chi connectivity index (χ2v) is 8.93. The molecule has 0 aliphatic carbocycles. The van der Waals surface area contributed by atoms with E-state index in [9.17, 15) is 18.5 Å². The lowest BCUT2D eigenvalue weighted by atomic mass is 10.1. The zero-order valence-corrected chi connectivity index (χ0v) is 18.9. The summed E-state index contributed by atoms with van der Waals surface area (Å²) in [4.78, 5) is 12.6. The number of nitrogens with zero attached hydrogens (tertiary/aromatic N) is 1. The number of hydrogen-bond acceptors (Lipinski definition) is 5. The molecule has 0 saturated heterocycles. The summed E-state index contributed by atoms with van der Waals surface area (Å²) in [5, 5.41) is 12.4. The van der Waals surface area contributed by atoms with Gasteiger partial charge < -0.3 is 9.50 Å². The zero-order chi connectivity index (χ0) is 23.3. The van der Waals surface area contributed by atoms with Gasteiger partial charge in [-0.2, -0.15) is 13.7 Å². The maximum Gasteiger partial charge on any atom is 0.339 e. The summed E-state index contributed by atoms with van der Waals surface area (Å²) >= 11 is 6.12. The molecule has 0 fully saturated rings. The van der Waals surface area contributed by atoms with Crippen molar-refractivity contribution in [3.63, 3.8) is 0 Å². The average molecular weight is 467 g/mol. The first-order valence-corrected chi connectivity index (χ1v) is 11.3. The van der Waals surface area contributed by atoms with Crippen LogP contribution in [0.4, 0.5) is 5.69 Å². The SMILES string of the molecule is Cc1ccc(S(=O)(=O)Oc2ccc(/C=C(\C#N)C(=O)Nc3c(C)cccc3Cl)cc2)cc1. The number of halogens is 1. The highest BCUT2D eigenvalue weighted by atomic mass is 35.5. The summed E-state index contributed by atoms with van der Waals surface area (Å²) in [5.41, 5.74) is 2.52. The van der Waals surface area contributed by atoms with Crippen molar-refractivity contribution in [2.75, 3.05) is 5.32 Å². The molecule has 0 aliphatic heterocycles. The van der Waals surface area contributed by atoms with Crippen LogP contribution in [0.2, 0.25) is 5.02 Å². The Morgan fingerprint density at radius 2 is 1.69 bits per heavy atom. The standard InChI is InChI=1S/C24H19ClN2O4S/c1-16-6-12-21(13-7-16)32(29,30)31-20-10-8-18(9-11-20)14-19(15-26)24(28)27-23-17(2)4-3-5-22(23)25/h3-14H,1-2H3,(H,27,28)/b19-14+. The van der Waals surface area contributed by atoms with E-state index in [1.807, 2.05) is 13.0 Å². The van der Waals surface area contributed by atoms with Crippen LogP contribution in [-0.2, 0) is 14.9 Å². The molecule has 8 heteroatoms. The molecule has 0 saturated carbocycles. The maximum absolute atomic E-state index is 12.5. The van der Waals surface area contributed by atoms with Gasteiger partial charge in [-0.3, -0.25) is 4.79 Å². The predicted molar refractivity (Wildman–Crippen MR) is 124 cm³/mol. The highest BCUT2D eigenvalue weighted by molar-refractivity contribution is 7.87. The quantitative estimate of drug-likeness (QED) is 0.303. The first-order chi connectivity index (χ1) is 15.2. The highest BCUT2D eigenvalue weighted by Gasteiger charge is 2.17. The van der Waals surface area contributed by atoms with E-state index in [2.05, 4.69) is 5.32 Å². The van der Waals surface area contributed by atoms with Crippen molar-refractivity contribution in [1.82, 2.24) is 0 Å². The van der Waals surface area contributed by atoms with Crippen molar-refractivity contribution in [3.05, 3.63) is 94.0 Å². The van der Waals surface area contributed by atoms with E-state index >= 15 is 0 Å². The van der Waals surface area contributed by atoms with Gasteiger partial charge in [-0.05, 0) is 61.4 Å². The Morgan fingerprint density at radius 1 is 1.03 bits per heavy atom. The first-order valence-electron chi connectivity index (χ1n) is 9.49.